The van der Waals surface area contributed by atoms with Crippen molar-refractivity contribution in [3.63, 3.8) is 0 Å². The maximum atomic E-state index is 9.63. The first-order valence-electron chi connectivity index (χ1n) is 7.97. The summed E-state index contributed by atoms with van der Waals surface area (Å²) in [5.74, 6) is 1.51. The SMILES string of the molecule is COc1ccccc1OCCC1(C#N)CCCCCCC1. The second kappa shape index (κ2) is 7.93. The number of methoxy groups -OCH3 is 1. The summed E-state index contributed by atoms with van der Waals surface area (Å²) in [6.07, 6.45) is 9.01. The molecule has 3 nitrogen and oxygen atoms in total. The monoisotopic (exact) mass is 287 g/mol. The van der Waals surface area contributed by atoms with Crippen LogP contribution in [0.15, 0.2) is 24.3 Å². The summed E-state index contributed by atoms with van der Waals surface area (Å²) in [6.45, 7) is 0.577. The molecule has 3 heteroatoms. The van der Waals surface area contributed by atoms with Crippen LogP contribution in [0.25, 0.3) is 0 Å². The Balaban J connectivity index is 1.92. The molecule has 0 aliphatic heterocycles. The summed E-state index contributed by atoms with van der Waals surface area (Å²) < 4.78 is 11.1. The summed E-state index contributed by atoms with van der Waals surface area (Å²) in [5.41, 5.74) is -0.192. The van der Waals surface area contributed by atoms with Gasteiger partial charge in [-0.2, -0.15) is 5.26 Å². The van der Waals surface area contributed by atoms with Gasteiger partial charge in [0.05, 0.1) is 25.2 Å². The summed E-state index contributed by atoms with van der Waals surface area (Å²) >= 11 is 0. The van der Waals surface area contributed by atoms with Crippen LogP contribution >= 0.6 is 0 Å². The molecule has 0 spiro atoms. The van der Waals surface area contributed by atoms with Gasteiger partial charge in [-0.3, -0.25) is 0 Å². The van der Waals surface area contributed by atoms with Gasteiger partial charge in [-0.15, -0.1) is 0 Å². The third kappa shape index (κ3) is 4.39. The van der Waals surface area contributed by atoms with Gasteiger partial charge in [0.2, 0.25) is 0 Å². The summed E-state index contributed by atoms with van der Waals surface area (Å²) in [5, 5.41) is 9.63. The molecule has 1 aliphatic carbocycles. The number of rotatable bonds is 5. The van der Waals surface area contributed by atoms with Crippen molar-refractivity contribution in [2.75, 3.05) is 13.7 Å². The lowest BCUT2D eigenvalue weighted by atomic mass is 9.75. The van der Waals surface area contributed by atoms with Crippen molar-refractivity contribution in [3.8, 4) is 17.6 Å². The predicted molar refractivity (Wildman–Crippen MR) is 83.5 cm³/mol. The third-order valence-electron chi connectivity index (χ3n) is 4.46. The van der Waals surface area contributed by atoms with Crippen LogP contribution in [-0.4, -0.2) is 13.7 Å². The molecular weight excluding hydrogens is 262 g/mol. The molecule has 0 radical (unpaired) electrons. The fourth-order valence-corrected chi connectivity index (χ4v) is 3.09. The normalized spacial score (nSPS) is 18.1. The molecule has 0 aromatic heterocycles. The summed E-state index contributed by atoms with van der Waals surface area (Å²) in [4.78, 5) is 0. The standard InChI is InChI=1S/C18H25NO2/c1-20-16-9-5-6-10-17(16)21-14-13-18(15-19)11-7-3-2-4-8-12-18/h5-6,9-10H,2-4,7-8,11-14H2,1H3. The van der Waals surface area contributed by atoms with Crippen molar-refractivity contribution in [2.45, 2.75) is 51.4 Å². The Morgan fingerprint density at radius 1 is 1.05 bits per heavy atom. The molecule has 1 fully saturated rings. The van der Waals surface area contributed by atoms with Crippen LogP contribution in [-0.2, 0) is 0 Å². The molecule has 0 atom stereocenters. The number of nitrogens with zero attached hydrogens (tertiary/aromatic N) is 1. The van der Waals surface area contributed by atoms with Crippen LogP contribution in [0.3, 0.4) is 0 Å². The van der Waals surface area contributed by atoms with Gasteiger partial charge in [-0.25, -0.2) is 0 Å². The smallest absolute Gasteiger partial charge is 0.161 e. The average molecular weight is 287 g/mol. The maximum Gasteiger partial charge on any atom is 0.161 e. The zero-order valence-electron chi connectivity index (χ0n) is 12.9. The van der Waals surface area contributed by atoms with Crippen LogP contribution in [0.2, 0.25) is 0 Å². The van der Waals surface area contributed by atoms with E-state index in [1.807, 2.05) is 24.3 Å². The van der Waals surface area contributed by atoms with Gasteiger partial charge >= 0.3 is 0 Å². The van der Waals surface area contributed by atoms with Gasteiger partial charge in [-0.1, -0.05) is 44.2 Å². The maximum absolute atomic E-state index is 9.63. The van der Waals surface area contributed by atoms with E-state index in [1.165, 1.54) is 32.1 Å². The van der Waals surface area contributed by atoms with Gasteiger partial charge in [0, 0.05) is 6.42 Å². The highest BCUT2D eigenvalue weighted by Crippen LogP contribution is 2.37. The van der Waals surface area contributed by atoms with Crippen molar-refractivity contribution < 1.29 is 9.47 Å². The van der Waals surface area contributed by atoms with E-state index in [-0.39, 0.29) is 5.41 Å². The second-order valence-electron chi connectivity index (χ2n) is 5.91. The Bertz CT molecular complexity index is 470. The Kier molecular flexibility index (Phi) is 5.92. The number of benzene rings is 1. The van der Waals surface area contributed by atoms with Crippen LogP contribution < -0.4 is 9.47 Å². The highest BCUT2D eigenvalue weighted by molar-refractivity contribution is 5.39. The van der Waals surface area contributed by atoms with Crippen molar-refractivity contribution >= 4 is 0 Å². The van der Waals surface area contributed by atoms with E-state index in [4.69, 9.17) is 9.47 Å². The number of ether oxygens (including phenoxy) is 2. The summed E-state index contributed by atoms with van der Waals surface area (Å²) in [6, 6.07) is 10.3. The van der Waals surface area contributed by atoms with Crippen molar-refractivity contribution in [1.82, 2.24) is 0 Å². The molecule has 1 aliphatic rings. The zero-order chi connectivity index (χ0) is 15.0. The van der Waals surface area contributed by atoms with Gasteiger partial charge < -0.3 is 9.47 Å². The molecule has 1 aromatic rings. The Labute approximate surface area is 127 Å². The van der Waals surface area contributed by atoms with Crippen molar-refractivity contribution in [2.24, 2.45) is 5.41 Å². The van der Waals surface area contributed by atoms with Gasteiger partial charge in [-0.05, 0) is 25.0 Å². The minimum atomic E-state index is -0.192. The Hall–Kier alpha value is -1.69. The van der Waals surface area contributed by atoms with Crippen LogP contribution in [0.4, 0.5) is 0 Å². The molecule has 1 aromatic carbocycles. The minimum Gasteiger partial charge on any atom is -0.493 e. The van der Waals surface area contributed by atoms with E-state index in [1.54, 1.807) is 7.11 Å². The lowest BCUT2D eigenvalue weighted by Crippen LogP contribution is -2.23. The van der Waals surface area contributed by atoms with E-state index in [0.29, 0.717) is 6.61 Å². The minimum absolute atomic E-state index is 0.192. The fraction of sp³-hybridized carbons (Fsp3) is 0.611. The van der Waals surface area contributed by atoms with Gasteiger partial charge in [0.25, 0.3) is 0 Å². The second-order valence-corrected chi connectivity index (χ2v) is 5.91. The molecule has 21 heavy (non-hydrogen) atoms. The highest BCUT2D eigenvalue weighted by Gasteiger charge is 2.30. The number of hydrogen-bond donors (Lipinski definition) is 0. The number of hydrogen-bond acceptors (Lipinski definition) is 3. The highest BCUT2D eigenvalue weighted by atomic mass is 16.5. The first kappa shape index (κ1) is 15.7. The molecule has 0 unspecified atom stereocenters. The Morgan fingerprint density at radius 2 is 1.67 bits per heavy atom. The molecule has 0 amide bonds. The molecular formula is C18H25NO2. The third-order valence-corrected chi connectivity index (χ3v) is 4.46. The largest absolute Gasteiger partial charge is 0.493 e. The van der Waals surface area contributed by atoms with Crippen molar-refractivity contribution in [1.29, 1.82) is 5.26 Å². The van der Waals surface area contributed by atoms with E-state index in [0.717, 1.165) is 30.8 Å². The Morgan fingerprint density at radius 3 is 2.29 bits per heavy atom. The van der Waals surface area contributed by atoms with Crippen molar-refractivity contribution in [3.05, 3.63) is 24.3 Å². The fourth-order valence-electron chi connectivity index (χ4n) is 3.09. The van der Waals surface area contributed by atoms with E-state index < -0.39 is 0 Å². The van der Waals surface area contributed by atoms with Gasteiger partial charge in [0.15, 0.2) is 11.5 Å². The number of para-hydroxylation sites is 2. The van der Waals surface area contributed by atoms with Crippen LogP contribution in [0.5, 0.6) is 11.5 Å². The summed E-state index contributed by atoms with van der Waals surface area (Å²) in [7, 11) is 1.65. The lowest BCUT2D eigenvalue weighted by molar-refractivity contribution is 0.201. The van der Waals surface area contributed by atoms with Gasteiger partial charge in [0.1, 0.15) is 0 Å². The quantitative estimate of drug-likeness (QED) is 0.787. The molecule has 0 N–H and O–H groups in total. The molecule has 0 bridgehead atoms. The van der Waals surface area contributed by atoms with E-state index in [2.05, 4.69) is 6.07 Å². The van der Waals surface area contributed by atoms with Crippen LogP contribution in [0, 0.1) is 16.7 Å². The first-order valence-corrected chi connectivity index (χ1v) is 7.97. The van der Waals surface area contributed by atoms with E-state index >= 15 is 0 Å². The molecule has 0 saturated heterocycles. The molecule has 114 valence electrons. The first-order chi connectivity index (χ1) is 10.3. The lowest BCUT2D eigenvalue weighted by Gasteiger charge is -2.28. The van der Waals surface area contributed by atoms with E-state index in [9.17, 15) is 5.26 Å². The average Bonchev–Trinajstić information content (AvgIpc) is 2.50. The molecule has 1 saturated carbocycles. The number of nitriles is 1. The molecule has 2 rings (SSSR count). The topological polar surface area (TPSA) is 42.2 Å². The van der Waals surface area contributed by atoms with Crippen LogP contribution in [0.1, 0.15) is 51.4 Å². The molecule has 0 heterocycles. The predicted octanol–water partition coefficient (Wildman–Crippen LogP) is 4.72. The zero-order valence-corrected chi connectivity index (χ0v) is 12.9.